The second kappa shape index (κ2) is 7.51. The molecule has 2 amide bonds. The number of nitrogens with one attached hydrogen (secondary N) is 1. The van der Waals surface area contributed by atoms with E-state index >= 15 is 0 Å². The quantitative estimate of drug-likeness (QED) is 0.853. The van der Waals surface area contributed by atoms with Crippen LogP contribution in [-0.4, -0.2) is 39.5 Å². The highest BCUT2D eigenvalue weighted by molar-refractivity contribution is 5.99. The molecule has 2 heterocycles. The highest BCUT2D eigenvalue weighted by atomic mass is 16.4. The summed E-state index contributed by atoms with van der Waals surface area (Å²) in [4.78, 5) is 26.1. The van der Waals surface area contributed by atoms with E-state index < -0.39 is 0 Å². The lowest BCUT2D eigenvalue weighted by atomic mass is 9.89. The van der Waals surface area contributed by atoms with Crippen LogP contribution in [0.4, 0.5) is 5.69 Å². The maximum absolute atomic E-state index is 12.9. The first-order valence-electron chi connectivity index (χ1n) is 8.64. The minimum atomic E-state index is -0.286. The van der Waals surface area contributed by atoms with Crippen molar-refractivity contribution in [1.82, 2.24) is 15.1 Å². The number of nitrogens with zero attached hydrogens (tertiary/aromatic N) is 3. The predicted molar refractivity (Wildman–Crippen MR) is 96.8 cm³/mol. The summed E-state index contributed by atoms with van der Waals surface area (Å²) in [7, 11) is 0. The second-order valence-electron chi connectivity index (χ2n) is 6.42. The van der Waals surface area contributed by atoms with E-state index in [1.807, 2.05) is 11.8 Å². The molecule has 1 aromatic heterocycles. The summed E-state index contributed by atoms with van der Waals surface area (Å²) in [5.74, 6) is 0.842. The number of likely N-dealkylation sites (tertiary alicyclic amines) is 1. The highest BCUT2D eigenvalue weighted by Gasteiger charge is 2.35. The lowest BCUT2D eigenvalue weighted by Gasteiger charge is -2.38. The fourth-order valence-electron chi connectivity index (χ4n) is 3.28. The molecule has 7 heteroatoms. The molecule has 1 aliphatic heterocycles. The molecule has 0 bridgehead atoms. The Morgan fingerprint density at radius 2 is 2.04 bits per heavy atom. The number of carbonyl (C=O) groups is 2. The summed E-state index contributed by atoms with van der Waals surface area (Å²) in [5, 5.41) is 10.7. The first-order chi connectivity index (χ1) is 12.5. The van der Waals surface area contributed by atoms with Gasteiger partial charge in [0.1, 0.15) is 0 Å². The Hall–Kier alpha value is -2.96. The number of piperidine rings is 1. The van der Waals surface area contributed by atoms with E-state index in [2.05, 4.69) is 22.1 Å². The molecule has 1 N–H and O–H groups in total. The Morgan fingerprint density at radius 3 is 2.65 bits per heavy atom. The Labute approximate surface area is 152 Å². The highest BCUT2D eigenvalue weighted by Crippen LogP contribution is 2.32. The van der Waals surface area contributed by atoms with Gasteiger partial charge >= 0.3 is 0 Å². The summed E-state index contributed by atoms with van der Waals surface area (Å²) in [6, 6.07) is 6.82. The van der Waals surface area contributed by atoms with Crippen LogP contribution < -0.4 is 5.32 Å². The van der Waals surface area contributed by atoms with E-state index in [9.17, 15) is 9.59 Å². The standard InChI is InChI=1S/C19H22N4O3/c1-4-17(24)20-15-9-7-14(8-10-15)19(25)23-11-5-6-16(12(23)2)18-22-21-13(3)26-18/h4,7-10,12,16H,1,5-6,11H2,2-3H3,(H,20,24)/t12-,16-/m1/s1. The molecule has 0 unspecified atom stereocenters. The van der Waals surface area contributed by atoms with Gasteiger partial charge in [-0.2, -0.15) is 0 Å². The zero-order chi connectivity index (χ0) is 18.7. The molecule has 0 spiro atoms. The zero-order valence-corrected chi connectivity index (χ0v) is 14.9. The molecule has 3 rings (SSSR count). The molecule has 2 aromatic rings. The molecule has 26 heavy (non-hydrogen) atoms. The second-order valence-corrected chi connectivity index (χ2v) is 6.42. The van der Waals surface area contributed by atoms with Gasteiger partial charge in [0.05, 0.1) is 5.92 Å². The molecular formula is C19H22N4O3. The minimum absolute atomic E-state index is 0.0313. The van der Waals surface area contributed by atoms with E-state index in [0.717, 1.165) is 12.8 Å². The van der Waals surface area contributed by atoms with Gasteiger partial charge in [0.25, 0.3) is 5.91 Å². The third kappa shape index (κ3) is 3.66. The van der Waals surface area contributed by atoms with E-state index in [4.69, 9.17) is 4.42 Å². The fourth-order valence-corrected chi connectivity index (χ4v) is 3.28. The van der Waals surface area contributed by atoms with Gasteiger partial charge in [-0.15, -0.1) is 10.2 Å². The van der Waals surface area contributed by atoms with Crippen LogP contribution >= 0.6 is 0 Å². The van der Waals surface area contributed by atoms with Crippen molar-refractivity contribution in [3.63, 3.8) is 0 Å². The number of benzene rings is 1. The van der Waals surface area contributed by atoms with Crippen molar-refractivity contribution in [3.8, 4) is 0 Å². The molecule has 1 fully saturated rings. The minimum Gasteiger partial charge on any atom is -0.425 e. The Bertz CT molecular complexity index is 812. The van der Waals surface area contributed by atoms with Crippen LogP contribution in [0, 0.1) is 6.92 Å². The largest absolute Gasteiger partial charge is 0.425 e. The first-order valence-corrected chi connectivity index (χ1v) is 8.64. The topological polar surface area (TPSA) is 88.3 Å². The van der Waals surface area contributed by atoms with Gasteiger partial charge in [-0.1, -0.05) is 6.58 Å². The number of hydrogen-bond acceptors (Lipinski definition) is 5. The molecule has 136 valence electrons. The van der Waals surface area contributed by atoms with Crippen molar-refractivity contribution < 1.29 is 14.0 Å². The van der Waals surface area contributed by atoms with Crippen molar-refractivity contribution in [2.75, 3.05) is 11.9 Å². The van der Waals surface area contributed by atoms with Crippen molar-refractivity contribution in [1.29, 1.82) is 0 Å². The number of aryl methyl sites for hydroxylation is 1. The smallest absolute Gasteiger partial charge is 0.254 e. The van der Waals surface area contributed by atoms with Crippen LogP contribution in [0.5, 0.6) is 0 Å². The molecular weight excluding hydrogens is 332 g/mol. The third-order valence-electron chi connectivity index (χ3n) is 4.69. The summed E-state index contributed by atoms with van der Waals surface area (Å²) in [5.41, 5.74) is 1.20. The van der Waals surface area contributed by atoms with E-state index in [0.29, 0.717) is 29.6 Å². The van der Waals surface area contributed by atoms with E-state index in [1.165, 1.54) is 6.08 Å². The van der Waals surface area contributed by atoms with Crippen LogP contribution in [0.3, 0.4) is 0 Å². The molecule has 0 radical (unpaired) electrons. The van der Waals surface area contributed by atoms with Crippen LogP contribution in [0.1, 0.15) is 47.8 Å². The fraction of sp³-hybridized carbons (Fsp3) is 0.368. The van der Waals surface area contributed by atoms with E-state index in [1.54, 1.807) is 31.2 Å². The monoisotopic (exact) mass is 354 g/mol. The van der Waals surface area contributed by atoms with Crippen molar-refractivity contribution in [3.05, 3.63) is 54.3 Å². The van der Waals surface area contributed by atoms with Gasteiger partial charge in [-0.25, -0.2) is 0 Å². The summed E-state index contributed by atoms with van der Waals surface area (Å²) in [6.45, 7) is 7.89. The molecule has 7 nitrogen and oxygen atoms in total. The molecule has 0 saturated carbocycles. The lowest BCUT2D eigenvalue weighted by molar-refractivity contribution is -0.111. The van der Waals surface area contributed by atoms with Gasteiger partial charge in [-0.05, 0) is 50.1 Å². The average Bonchev–Trinajstić information content (AvgIpc) is 3.08. The van der Waals surface area contributed by atoms with Crippen LogP contribution in [-0.2, 0) is 4.79 Å². The summed E-state index contributed by atoms with van der Waals surface area (Å²) in [6.07, 6.45) is 3.00. The van der Waals surface area contributed by atoms with Crippen molar-refractivity contribution >= 4 is 17.5 Å². The number of hydrogen-bond donors (Lipinski definition) is 1. The van der Waals surface area contributed by atoms with Crippen molar-refractivity contribution in [2.24, 2.45) is 0 Å². The molecule has 2 atom stereocenters. The SMILES string of the molecule is C=CC(=O)Nc1ccc(C(=O)N2CCC[C@@H](c3nnc(C)o3)[C@H]2C)cc1. The third-order valence-corrected chi connectivity index (χ3v) is 4.69. The molecule has 1 aromatic carbocycles. The Kier molecular flexibility index (Phi) is 5.16. The number of carbonyl (C=O) groups excluding carboxylic acids is 2. The number of rotatable bonds is 4. The van der Waals surface area contributed by atoms with Crippen LogP contribution in [0.25, 0.3) is 0 Å². The summed E-state index contributed by atoms with van der Waals surface area (Å²) < 4.78 is 5.58. The normalized spacial score (nSPS) is 19.8. The maximum atomic E-state index is 12.9. The predicted octanol–water partition coefficient (Wildman–Crippen LogP) is 2.91. The van der Waals surface area contributed by atoms with Crippen LogP contribution in [0.15, 0.2) is 41.3 Å². The van der Waals surface area contributed by atoms with Gasteiger partial charge < -0.3 is 14.6 Å². The average molecular weight is 354 g/mol. The molecule has 1 saturated heterocycles. The molecule has 1 aliphatic rings. The van der Waals surface area contributed by atoms with Gasteiger partial charge in [-0.3, -0.25) is 9.59 Å². The van der Waals surface area contributed by atoms with E-state index in [-0.39, 0.29) is 23.8 Å². The first kappa shape index (κ1) is 17.8. The Balaban J connectivity index is 1.74. The number of anilines is 1. The number of amides is 2. The van der Waals surface area contributed by atoms with Gasteiger partial charge in [0.15, 0.2) is 0 Å². The zero-order valence-electron chi connectivity index (χ0n) is 14.9. The maximum Gasteiger partial charge on any atom is 0.254 e. The summed E-state index contributed by atoms with van der Waals surface area (Å²) >= 11 is 0. The van der Waals surface area contributed by atoms with Crippen LogP contribution in [0.2, 0.25) is 0 Å². The Morgan fingerprint density at radius 1 is 1.31 bits per heavy atom. The lowest BCUT2D eigenvalue weighted by Crippen LogP contribution is -2.46. The molecule has 0 aliphatic carbocycles. The van der Waals surface area contributed by atoms with Gasteiger partial charge in [0, 0.05) is 30.8 Å². The van der Waals surface area contributed by atoms with Gasteiger partial charge in [0.2, 0.25) is 17.7 Å². The number of aromatic nitrogens is 2. The van der Waals surface area contributed by atoms with Crippen molar-refractivity contribution in [2.45, 2.75) is 38.6 Å².